The molecular weight excluding hydrogens is 478 g/mol. The van der Waals surface area contributed by atoms with Crippen molar-refractivity contribution >= 4 is 12.4 Å². The monoisotopic (exact) mass is 519 g/mol. The van der Waals surface area contributed by atoms with Crippen molar-refractivity contribution in [2.24, 2.45) is 0 Å². The molecule has 0 aliphatic carbocycles. The molecule has 4 atom stereocenters. The van der Waals surface area contributed by atoms with Gasteiger partial charge < -0.3 is 33.2 Å². The van der Waals surface area contributed by atoms with Gasteiger partial charge in [-0.1, -0.05) is 18.2 Å². The topological polar surface area (TPSA) is 92.8 Å². The van der Waals surface area contributed by atoms with Gasteiger partial charge in [0.1, 0.15) is 29.3 Å². The number of aldehydes is 1. The Bertz CT molecular complexity index is 967. The summed E-state index contributed by atoms with van der Waals surface area (Å²) in [6.45, 7) is 16.9. The van der Waals surface area contributed by atoms with Gasteiger partial charge in [-0.05, 0) is 66.2 Å². The average Bonchev–Trinajstić information content (AvgIpc) is 3.25. The molecule has 0 spiro atoms. The van der Waals surface area contributed by atoms with Crippen LogP contribution in [0.4, 0.5) is 4.79 Å². The molecule has 1 aromatic rings. The van der Waals surface area contributed by atoms with Crippen LogP contribution in [-0.4, -0.2) is 72.0 Å². The van der Waals surface area contributed by atoms with Crippen LogP contribution in [0.15, 0.2) is 36.9 Å². The van der Waals surface area contributed by atoms with E-state index in [4.69, 9.17) is 28.4 Å². The third-order valence-corrected chi connectivity index (χ3v) is 6.38. The maximum absolute atomic E-state index is 13.2. The molecule has 0 N–H and O–H groups in total. The Hall–Kier alpha value is -2.46. The van der Waals surface area contributed by atoms with E-state index in [1.807, 2.05) is 24.3 Å². The highest BCUT2D eigenvalue weighted by Gasteiger charge is 2.59. The van der Waals surface area contributed by atoms with E-state index in [9.17, 15) is 9.59 Å². The number of hydrogen-bond acceptors (Lipinski definition) is 8. The molecule has 0 bridgehead atoms. The standard InChI is InChI=1S/C28H41NO8/c1-10-22(33-16-19-11-13-21(32-9)14-12-19)23-28(18-30,37-27(7,8)35-23)15-20-17-34-26(5,6)29(20)24(31)36-25(2,3)4/h10-14,18,20,22-23H,1,15-17H2,2-9H3/t20-,22+,23-,28+/m0/s1. The molecule has 37 heavy (non-hydrogen) atoms. The lowest BCUT2D eigenvalue weighted by Crippen LogP contribution is -2.56. The van der Waals surface area contributed by atoms with E-state index in [0.29, 0.717) is 0 Å². The van der Waals surface area contributed by atoms with E-state index in [-0.39, 0.29) is 19.6 Å². The van der Waals surface area contributed by atoms with E-state index >= 15 is 0 Å². The summed E-state index contributed by atoms with van der Waals surface area (Å²) in [7, 11) is 1.61. The van der Waals surface area contributed by atoms with Crippen molar-refractivity contribution in [1.29, 1.82) is 0 Å². The fourth-order valence-corrected chi connectivity index (χ4v) is 4.86. The zero-order valence-electron chi connectivity index (χ0n) is 23.2. The molecule has 0 radical (unpaired) electrons. The van der Waals surface area contributed by atoms with Crippen LogP contribution in [0.5, 0.6) is 5.75 Å². The van der Waals surface area contributed by atoms with Crippen LogP contribution in [0.25, 0.3) is 0 Å². The number of benzene rings is 1. The van der Waals surface area contributed by atoms with Crippen molar-refractivity contribution < 1.29 is 38.0 Å². The summed E-state index contributed by atoms with van der Waals surface area (Å²) in [6.07, 6.45) is 0.491. The second-order valence-corrected chi connectivity index (χ2v) is 11.4. The molecule has 0 unspecified atom stereocenters. The molecule has 1 amide bonds. The van der Waals surface area contributed by atoms with Gasteiger partial charge in [-0.2, -0.15) is 0 Å². The second kappa shape index (κ2) is 10.7. The molecule has 9 nitrogen and oxygen atoms in total. The number of carbonyl (C=O) groups is 2. The van der Waals surface area contributed by atoms with E-state index in [1.165, 1.54) is 4.90 Å². The number of amides is 1. The Balaban J connectivity index is 1.85. The largest absolute Gasteiger partial charge is 0.497 e. The van der Waals surface area contributed by atoms with Crippen LogP contribution >= 0.6 is 0 Å². The first kappa shape index (κ1) is 29.1. The minimum atomic E-state index is -1.42. The fourth-order valence-electron chi connectivity index (χ4n) is 4.86. The summed E-state index contributed by atoms with van der Waals surface area (Å²) in [6, 6.07) is 7.00. The number of methoxy groups -OCH3 is 1. The minimum absolute atomic E-state index is 0.128. The van der Waals surface area contributed by atoms with Gasteiger partial charge in [0.2, 0.25) is 0 Å². The van der Waals surface area contributed by atoms with Crippen molar-refractivity contribution in [3.8, 4) is 5.75 Å². The fraction of sp³-hybridized carbons (Fsp3) is 0.643. The van der Waals surface area contributed by atoms with Crippen LogP contribution in [0.2, 0.25) is 0 Å². The number of hydrogen-bond donors (Lipinski definition) is 0. The first-order valence-corrected chi connectivity index (χ1v) is 12.5. The predicted octanol–water partition coefficient (Wildman–Crippen LogP) is 4.62. The molecule has 1 aromatic carbocycles. The Kier molecular flexibility index (Phi) is 8.44. The van der Waals surface area contributed by atoms with Crippen molar-refractivity contribution in [2.45, 2.75) is 102 Å². The van der Waals surface area contributed by atoms with Gasteiger partial charge in [-0.3, -0.25) is 4.90 Å². The van der Waals surface area contributed by atoms with Crippen molar-refractivity contribution in [2.75, 3.05) is 13.7 Å². The summed E-state index contributed by atoms with van der Waals surface area (Å²) >= 11 is 0. The molecule has 2 saturated heterocycles. The summed E-state index contributed by atoms with van der Waals surface area (Å²) in [5.41, 5.74) is -2.12. The molecule has 2 fully saturated rings. The van der Waals surface area contributed by atoms with Crippen molar-refractivity contribution in [3.05, 3.63) is 42.5 Å². The first-order valence-electron chi connectivity index (χ1n) is 12.5. The van der Waals surface area contributed by atoms with E-state index in [0.717, 1.165) is 17.6 Å². The van der Waals surface area contributed by atoms with Crippen LogP contribution < -0.4 is 4.74 Å². The number of rotatable bonds is 9. The number of carbonyl (C=O) groups excluding carboxylic acids is 2. The van der Waals surface area contributed by atoms with Crippen molar-refractivity contribution in [3.63, 3.8) is 0 Å². The van der Waals surface area contributed by atoms with Gasteiger partial charge in [0.15, 0.2) is 17.7 Å². The van der Waals surface area contributed by atoms with E-state index in [2.05, 4.69) is 6.58 Å². The molecule has 2 aliphatic rings. The smallest absolute Gasteiger partial charge is 0.412 e. The summed E-state index contributed by atoms with van der Waals surface area (Å²) in [5.74, 6) is -0.323. The molecule has 206 valence electrons. The summed E-state index contributed by atoms with van der Waals surface area (Å²) < 4.78 is 35.5. The maximum atomic E-state index is 13.2. The molecule has 0 saturated carbocycles. The Labute approximate surface area is 220 Å². The third-order valence-electron chi connectivity index (χ3n) is 6.38. The van der Waals surface area contributed by atoms with E-state index in [1.54, 1.807) is 61.7 Å². The zero-order chi connectivity index (χ0) is 27.6. The van der Waals surface area contributed by atoms with Crippen LogP contribution in [0.1, 0.15) is 60.5 Å². The van der Waals surface area contributed by atoms with Gasteiger partial charge in [0.25, 0.3) is 0 Å². The summed E-state index contributed by atoms with van der Waals surface area (Å²) in [4.78, 5) is 27.5. The molecule has 2 heterocycles. The van der Waals surface area contributed by atoms with Crippen molar-refractivity contribution in [1.82, 2.24) is 4.90 Å². The highest BCUT2D eigenvalue weighted by atomic mass is 16.8. The first-order chi connectivity index (χ1) is 17.1. The SMILES string of the molecule is C=C[C@@H](OCc1ccc(OC)cc1)[C@@H]1OC(C)(C)O[C@@]1(C=O)C[C@H]1COC(C)(C)N1C(=O)OC(C)(C)C. The maximum Gasteiger partial charge on any atom is 0.412 e. The summed E-state index contributed by atoms with van der Waals surface area (Å²) in [5, 5.41) is 0. The van der Waals surface area contributed by atoms with Crippen LogP contribution in [0, 0.1) is 0 Å². The number of ether oxygens (including phenoxy) is 6. The highest BCUT2D eigenvalue weighted by molar-refractivity contribution is 5.70. The highest BCUT2D eigenvalue weighted by Crippen LogP contribution is 2.44. The normalized spacial score (nSPS) is 27.5. The van der Waals surface area contributed by atoms with Gasteiger partial charge >= 0.3 is 6.09 Å². The van der Waals surface area contributed by atoms with Gasteiger partial charge in [0, 0.05) is 6.42 Å². The second-order valence-electron chi connectivity index (χ2n) is 11.4. The molecule has 2 aliphatic heterocycles. The Morgan fingerprint density at radius 1 is 1.22 bits per heavy atom. The lowest BCUT2D eigenvalue weighted by Gasteiger charge is -2.38. The minimum Gasteiger partial charge on any atom is -0.497 e. The third kappa shape index (κ3) is 6.71. The van der Waals surface area contributed by atoms with Gasteiger partial charge in [-0.25, -0.2) is 4.79 Å². The lowest BCUT2D eigenvalue weighted by atomic mass is 9.87. The average molecular weight is 520 g/mol. The zero-order valence-corrected chi connectivity index (χ0v) is 23.2. The molecule has 3 rings (SSSR count). The lowest BCUT2D eigenvalue weighted by molar-refractivity contribution is -0.170. The molecule has 0 aromatic heterocycles. The van der Waals surface area contributed by atoms with E-state index < -0.39 is 47.1 Å². The van der Waals surface area contributed by atoms with Gasteiger partial charge in [0.05, 0.1) is 26.4 Å². The predicted molar refractivity (Wildman–Crippen MR) is 137 cm³/mol. The quantitative estimate of drug-likeness (QED) is 0.345. The van der Waals surface area contributed by atoms with Crippen LogP contribution in [0.3, 0.4) is 0 Å². The molecule has 9 heteroatoms. The van der Waals surface area contributed by atoms with Gasteiger partial charge in [-0.15, -0.1) is 6.58 Å². The van der Waals surface area contributed by atoms with Crippen LogP contribution in [-0.2, 0) is 35.1 Å². The Morgan fingerprint density at radius 2 is 1.86 bits per heavy atom. The number of nitrogens with zero attached hydrogens (tertiary/aromatic N) is 1. The molecular formula is C28H41NO8. The Morgan fingerprint density at radius 3 is 2.41 bits per heavy atom.